The van der Waals surface area contributed by atoms with E-state index < -0.39 is 26.6 Å². The van der Waals surface area contributed by atoms with Gasteiger partial charge in [-0.25, -0.2) is 0 Å². The standard InChI is InChI=1S/C51H87N2O6P/c1-6-8-10-12-14-16-18-20-22-24-25-26-27-29-31-33-35-37-39-41-43-45-51(55)52-49(48-59-60(56,57)58-47-46-53(3,4)5)50(54)44-42-40-38-36-34-32-30-28-23-21-19-17-15-13-11-9-7-2/h8,10,14,16,20,22-23,25-26,28-29,31,34-37,42,44,49-50,54H,6-7,9,11-13,15,17-19,21,24,27,30,32-33,38-41,43,45-48H2,1-5H3,(H-,52,55,56,57)/b10-8-,16-14-,22-20-,26-25-,28-23+,31-29-,36-34+,37-35-,44-42+. The summed E-state index contributed by atoms with van der Waals surface area (Å²) in [5.41, 5.74) is 0. The van der Waals surface area contributed by atoms with Crippen LogP contribution in [0.2, 0.25) is 0 Å². The van der Waals surface area contributed by atoms with Crippen LogP contribution in [0.1, 0.15) is 155 Å². The second-order valence-corrected chi connectivity index (χ2v) is 17.8. The van der Waals surface area contributed by atoms with E-state index >= 15 is 0 Å². The van der Waals surface area contributed by atoms with Crippen LogP contribution < -0.4 is 10.2 Å². The molecule has 0 aliphatic heterocycles. The maximum Gasteiger partial charge on any atom is 0.268 e. The van der Waals surface area contributed by atoms with Gasteiger partial charge < -0.3 is 28.8 Å². The van der Waals surface area contributed by atoms with Gasteiger partial charge in [0.05, 0.1) is 39.9 Å². The van der Waals surface area contributed by atoms with Gasteiger partial charge in [-0.05, 0) is 96.3 Å². The number of hydrogen-bond donors (Lipinski definition) is 2. The second kappa shape index (κ2) is 41.5. The van der Waals surface area contributed by atoms with E-state index in [0.29, 0.717) is 23.9 Å². The molecule has 0 spiro atoms. The molecule has 9 heteroatoms. The fourth-order valence-corrected chi connectivity index (χ4v) is 6.50. The highest BCUT2D eigenvalue weighted by atomic mass is 31.2. The molecule has 0 rings (SSSR count). The van der Waals surface area contributed by atoms with E-state index in [-0.39, 0.29) is 18.9 Å². The normalized spacial score (nSPS) is 15.2. The van der Waals surface area contributed by atoms with Gasteiger partial charge in [-0.1, -0.05) is 162 Å². The van der Waals surface area contributed by atoms with Crippen LogP contribution in [0.4, 0.5) is 0 Å². The zero-order chi connectivity index (χ0) is 44.3. The van der Waals surface area contributed by atoms with Crippen molar-refractivity contribution in [3.05, 3.63) is 109 Å². The minimum absolute atomic E-state index is 0.0242. The Labute approximate surface area is 368 Å². The first-order valence-corrected chi connectivity index (χ1v) is 24.7. The molecule has 0 bridgehead atoms. The Morgan fingerprint density at radius 1 is 0.600 bits per heavy atom. The minimum atomic E-state index is -4.62. The Hall–Kier alpha value is -2.84. The fourth-order valence-electron chi connectivity index (χ4n) is 5.77. The van der Waals surface area contributed by atoms with Crippen molar-refractivity contribution in [2.45, 2.75) is 167 Å². The van der Waals surface area contributed by atoms with Crippen LogP contribution in [0.15, 0.2) is 109 Å². The Morgan fingerprint density at radius 2 is 1.03 bits per heavy atom. The molecule has 0 saturated heterocycles. The van der Waals surface area contributed by atoms with Crippen LogP contribution >= 0.6 is 7.82 Å². The summed E-state index contributed by atoms with van der Waals surface area (Å²) < 4.78 is 23.2. The molecule has 1 amide bonds. The number of aliphatic hydroxyl groups excluding tert-OH is 1. The van der Waals surface area contributed by atoms with E-state index in [1.807, 2.05) is 27.2 Å². The Bertz CT molecular complexity index is 1340. The molecule has 0 aromatic carbocycles. The smallest absolute Gasteiger partial charge is 0.268 e. The molecule has 0 heterocycles. The monoisotopic (exact) mass is 855 g/mol. The summed E-state index contributed by atoms with van der Waals surface area (Å²) in [4.78, 5) is 25.3. The van der Waals surface area contributed by atoms with E-state index in [1.165, 1.54) is 44.9 Å². The Balaban J connectivity index is 4.59. The molecule has 0 aromatic rings. The van der Waals surface area contributed by atoms with Crippen LogP contribution in [0, 0.1) is 0 Å². The lowest BCUT2D eigenvalue weighted by atomic mass is 10.1. The van der Waals surface area contributed by atoms with Crippen LogP contribution in [0.3, 0.4) is 0 Å². The number of amides is 1. The number of carbonyl (C=O) groups is 1. The molecule has 60 heavy (non-hydrogen) atoms. The zero-order valence-corrected chi connectivity index (χ0v) is 39.5. The van der Waals surface area contributed by atoms with Gasteiger partial charge in [0.2, 0.25) is 5.91 Å². The molecule has 0 aromatic heterocycles. The van der Waals surface area contributed by atoms with E-state index in [4.69, 9.17) is 9.05 Å². The minimum Gasteiger partial charge on any atom is -0.756 e. The number of likely N-dealkylation sites (N-methyl/N-ethyl adjacent to an activating group) is 1. The Kier molecular flexibility index (Phi) is 39.5. The first-order chi connectivity index (χ1) is 29.0. The predicted octanol–water partition coefficient (Wildman–Crippen LogP) is 12.7. The third-order valence-corrected chi connectivity index (χ3v) is 10.4. The zero-order valence-electron chi connectivity index (χ0n) is 38.6. The lowest BCUT2D eigenvalue weighted by molar-refractivity contribution is -0.870. The van der Waals surface area contributed by atoms with Gasteiger partial charge in [-0.3, -0.25) is 9.36 Å². The summed E-state index contributed by atoms with van der Waals surface area (Å²) >= 11 is 0. The number of nitrogens with zero attached hydrogens (tertiary/aromatic N) is 1. The molecule has 0 radical (unpaired) electrons. The largest absolute Gasteiger partial charge is 0.756 e. The molecule has 8 nitrogen and oxygen atoms in total. The SMILES string of the molecule is CC/C=C\C/C=C\C/C=C\C/C=C\C/C=C\C/C=C\CCCCC(=O)NC(COP(=O)([O-])OCC[N+](C)(C)C)C(O)/C=C/CC/C=C/CC/C=C/CCCCCCCCC. The third kappa shape index (κ3) is 43.3. The Morgan fingerprint density at radius 3 is 1.55 bits per heavy atom. The maximum atomic E-state index is 12.9. The lowest BCUT2D eigenvalue weighted by Crippen LogP contribution is -2.45. The molecule has 342 valence electrons. The number of unbranched alkanes of at least 4 members (excludes halogenated alkanes) is 11. The van der Waals surface area contributed by atoms with Crippen LogP contribution in [-0.4, -0.2) is 68.5 Å². The van der Waals surface area contributed by atoms with Crippen molar-refractivity contribution in [3.63, 3.8) is 0 Å². The molecular formula is C51H87N2O6P. The summed E-state index contributed by atoms with van der Waals surface area (Å²) in [6.45, 7) is 4.43. The quantitative estimate of drug-likeness (QED) is 0.0275. The molecular weight excluding hydrogens is 768 g/mol. The van der Waals surface area contributed by atoms with Crippen molar-refractivity contribution in [1.82, 2.24) is 5.32 Å². The van der Waals surface area contributed by atoms with Crippen molar-refractivity contribution >= 4 is 13.7 Å². The van der Waals surface area contributed by atoms with Gasteiger partial charge in [-0.15, -0.1) is 0 Å². The number of phosphoric acid groups is 1. The van der Waals surface area contributed by atoms with E-state index in [0.717, 1.165) is 77.0 Å². The topological polar surface area (TPSA) is 108 Å². The summed E-state index contributed by atoms with van der Waals surface area (Å²) in [6.07, 6.45) is 60.0. The average Bonchev–Trinajstić information content (AvgIpc) is 3.20. The molecule has 2 N–H and O–H groups in total. The summed E-state index contributed by atoms with van der Waals surface area (Å²) in [6, 6.07) is -0.940. The number of rotatable bonds is 40. The first-order valence-electron chi connectivity index (χ1n) is 23.2. The third-order valence-electron chi connectivity index (χ3n) is 9.44. The maximum absolute atomic E-state index is 12.9. The van der Waals surface area contributed by atoms with Crippen LogP contribution in [0.25, 0.3) is 0 Å². The van der Waals surface area contributed by atoms with Crippen molar-refractivity contribution in [2.24, 2.45) is 0 Å². The molecule has 0 fully saturated rings. The van der Waals surface area contributed by atoms with E-state index in [9.17, 15) is 19.4 Å². The van der Waals surface area contributed by atoms with Crippen LogP contribution in [-0.2, 0) is 18.4 Å². The molecule has 3 atom stereocenters. The number of quaternary nitrogens is 1. The summed E-state index contributed by atoms with van der Waals surface area (Å²) in [5.74, 6) is -0.259. The second-order valence-electron chi connectivity index (χ2n) is 16.4. The number of hydrogen-bond acceptors (Lipinski definition) is 6. The number of allylic oxidation sites excluding steroid dienone is 17. The van der Waals surface area contributed by atoms with Gasteiger partial charge >= 0.3 is 0 Å². The van der Waals surface area contributed by atoms with Crippen molar-refractivity contribution < 1.29 is 32.9 Å². The van der Waals surface area contributed by atoms with Crippen molar-refractivity contribution in [3.8, 4) is 0 Å². The molecule has 0 aliphatic carbocycles. The van der Waals surface area contributed by atoms with E-state index in [1.54, 1.807) is 6.08 Å². The number of aliphatic hydroxyl groups is 1. The predicted molar refractivity (Wildman–Crippen MR) is 256 cm³/mol. The summed E-state index contributed by atoms with van der Waals surface area (Å²) in [7, 11) is 1.18. The van der Waals surface area contributed by atoms with Gasteiger partial charge in [0.15, 0.2) is 0 Å². The molecule has 3 unspecified atom stereocenters. The highest BCUT2D eigenvalue weighted by Gasteiger charge is 2.23. The van der Waals surface area contributed by atoms with Crippen molar-refractivity contribution in [2.75, 3.05) is 40.9 Å². The molecule has 0 aliphatic rings. The highest BCUT2D eigenvalue weighted by molar-refractivity contribution is 7.45. The average molecular weight is 855 g/mol. The van der Waals surface area contributed by atoms with Gasteiger partial charge in [0.1, 0.15) is 13.2 Å². The van der Waals surface area contributed by atoms with E-state index in [2.05, 4.69) is 116 Å². The van der Waals surface area contributed by atoms with Gasteiger partial charge in [0, 0.05) is 6.42 Å². The summed E-state index contributed by atoms with van der Waals surface area (Å²) in [5, 5.41) is 13.7. The van der Waals surface area contributed by atoms with Crippen LogP contribution in [0.5, 0.6) is 0 Å². The highest BCUT2D eigenvalue weighted by Crippen LogP contribution is 2.38. The van der Waals surface area contributed by atoms with Crippen molar-refractivity contribution in [1.29, 1.82) is 0 Å². The lowest BCUT2D eigenvalue weighted by Gasteiger charge is -2.29. The van der Waals surface area contributed by atoms with Gasteiger partial charge in [-0.2, -0.15) is 0 Å². The number of nitrogens with one attached hydrogen (secondary N) is 1. The molecule has 0 saturated carbocycles. The number of carbonyl (C=O) groups excluding carboxylic acids is 1. The van der Waals surface area contributed by atoms with Gasteiger partial charge in [0.25, 0.3) is 7.82 Å². The number of phosphoric ester groups is 1. The fraction of sp³-hybridized carbons (Fsp3) is 0.627. The first kappa shape index (κ1) is 57.2.